The van der Waals surface area contributed by atoms with Crippen LogP contribution in [0.15, 0.2) is 29.2 Å². The second-order valence-corrected chi connectivity index (χ2v) is 7.28. The Balaban J connectivity index is 1.89. The van der Waals surface area contributed by atoms with Gasteiger partial charge in [-0.3, -0.25) is 4.21 Å². The van der Waals surface area contributed by atoms with E-state index in [0.717, 1.165) is 30.6 Å². The van der Waals surface area contributed by atoms with Crippen LogP contribution in [-0.2, 0) is 10.8 Å². The van der Waals surface area contributed by atoms with Gasteiger partial charge in [-0.2, -0.15) is 0 Å². The first-order valence-corrected chi connectivity index (χ1v) is 9.17. The number of hydrogen-bond acceptors (Lipinski definition) is 3. The van der Waals surface area contributed by atoms with E-state index in [2.05, 4.69) is 5.32 Å². The van der Waals surface area contributed by atoms with E-state index < -0.39 is 10.8 Å². The molecule has 0 aromatic heterocycles. The van der Waals surface area contributed by atoms with E-state index in [1.54, 1.807) is 42.5 Å². The molecule has 1 aliphatic carbocycles. The zero-order chi connectivity index (χ0) is 16.1. The van der Waals surface area contributed by atoms with Crippen LogP contribution in [0.1, 0.15) is 25.7 Å². The van der Waals surface area contributed by atoms with Crippen molar-refractivity contribution in [2.24, 2.45) is 5.92 Å². The van der Waals surface area contributed by atoms with Gasteiger partial charge in [-0.05, 0) is 37.1 Å². The van der Waals surface area contributed by atoms with Crippen molar-refractivity contribution in [3.8, 4) is 0 Å². The number of hydrogen-bond donors (Lipinski definition) is 2. The lowest BCUT2D eigenvalue weighted by Crippen LogP contribution is -2.40. The Kier molecular flexibility index (Phi) is 5.97. The molecule has 1 aromatic carbocycles. The summed E-state index contributed by atoms with van der Waals surface area (Å²) in [5.74, 6) is 0.161. The molecule has 2 N–H and O–H groups in total. The highest BCUT2D eigenvalue weighted by Gasteiger charge is 2.25. The number of carbonyl (C=O) groups excluding carboxylic acids is 1. The molecule has 1 fully saturated rings. The Morgan fingerprint density at radius 2 is 1.95 bits per heavy atom. The number of nitrogens with one attached hydrogen (secondary N) is 1. The first-order chi connectivity index (χ1) is 10.5. The molecule has 0 spiro atoms. The summed E-state index contributed by atoms with van der Waals surface area (Å²) >= 11 is 0. The van der Waals surface area contributed by atoms with Crippen LogP contribution in [0.5, 0.6) is 0 Å². The van der Waals surface area contributed by atoms with Crippen molar-refractivity contribution < 1.29 is 14.1 Å². The van der Waals surface area contributed by atoms with Crippen LogP contribution >= 0.6 is 0 Å². The number of carbonyl (C=O) groups is 1. The van der Waals surface area contributed by atoms with Gasteiger partial charge in [-0.15, -0.1) is 0 Å². The van der Waals surface area contributed by atoms with E-state index in [1.807, 2.05) is 0 Å². The molecule has 0 bridgehead atoms. The number of aliphatic hydroxyl groups excluding tert-OH is 1. The Hall–Kier alpha value is -1.40. The van der Waals surface area contributed by atoms with Gasteiger partial charge in [-0.1, -0.05) is 12.8 Å². The predicted octanol–water partition coefficient (Wildman–Crippen LogP) is 2.44. The molecule has 22 heavy (non-hydrogen) atoms. The average molecular weight is 324 g/mol. The molecule has 5 nitrogen and oxygen atoms in total. The molecular formula is C16H24N2O3S. The predicted molar refractivity (Wildman–Crippen MR) is 88.4 cm³/mol. The van der Waals surface area contributed by atoms with Crippen LogP contribution < -0.4 is 5.32 Å². The second kappa shape index (κ2) is 7.74. The zero-order valence-corrected chi connectivity index (χ0v) is 13.9. The van der Waals surface area contributed by atoms with Crippen molar-refractivity contribution >= 4 is 22.5 Å². The van der Waals surface area contributed by atoms with Gasteiger partial charge in [0, 0.05) is 47.1 Å². The number of amides is 2. The maximum absolute atomic E-state index is 12.2. The Morgan fingerprint density at radius 3 is 2.55 bits per heavy atom. The number of anilines is 1. The van der Waals surface area contributed by atoms with Gasteiger partial charge in [-0.25, -0.2) is 4.79 Å². The van der Waals surface area contributed by atoms with Crippen LogP contribution in [0.2, 0.25) is 0 Å². The summed E-state index contributed by atoms with van der Waals surface area (Å²) in [6.45, 7) is 0.560. The molecule has 0 aliphatic heterocycles. The lowest BCUT2D eigenvalue weighted by atomic mass is 9.86. The number of urea groups is 1. The molecular weight excluding hydrogens is 300 g/mol. The number of aliphatic hydroxyl groups is 1. The Bertz CT molecular complexity index is 533. The summed E-state index contributed by atoms with van der Waals surface area (Å²) in [4.78, 5) is 14.5. The summed E-state index contributed by atoms with van der Waals surface area (Å²) in [7, 11) is 0.724. The van der Waals surface area contributed by atoms with Crippen molar-refractivity contribution in [3.05, 3.63) is 24.3 Å². The maximum atomic E-state index is 12.2. The zero-order valence-electron chi connectivity index (χ0n) is 13.1. The van der Waals surface area contributed by atoms with Crippen molar-refractivity contribution in [2.45, 2.75) is 36.7 Å². The van der Waals surface area contributed by atoms with Crippen molar-refractivity contribution in [1.82, 2.24) is 4.90 Å². The highest BCUT2D eigenvalue weighted by atomic mass is 32.2. The summed E-state index contributed by atoms with van der Waals surface area (Å²) in [5, 5.41) is 12.8. The Morgan fingerprint density at radius 1 is 1.32 bits per heavy atom. The molecule has 1 saturated carbocycles. The fraction of sp³-hybridized carbons (Fsp3) is 0.562. The highest BCUT2D eigenvalue weighted by Crippen LogP contribution is 2.25. The van der Waals surface area contributed by atoms with Crippen LogP contribution in [-0.4, -0.2) is 46.2 Å². The minimum absolute atomic E-state index is 0.161. The van der Waals surface area contributed by atoms with Crippen LogP contribution in [0.25, 0.3) is 0 Å². The lowest BCUT2D eigenvalue weighted by molar-refractivity contribution is 0.0575. The minimum Gasteiger partial charge on any atom is -0.393 e. The van der Waals surface area contributed by atoms with Gasteiger partial charge in [0.1, 0.15) is 0 Å². The fourth-order valence-corrected chi connectivity index (χ4v) is 3.30. The first kappa shape index (κ1) is 17.0. The normalized spacial score (nSPS) is 22.9. The number of rotatable bonds is 4. The third-order valence-electron chi connectivity index (χ3n) is 4.16. The van der Waals surface area contributed by atoms with Gasteiger partial charge in [0.2, 0.25) is 0 Å². The molecule has 122 valence electrons. The third-order valence-corrected chi connectivity index (χ3v) is 5.10. The van der Waals surface area contributed by atoms with Crippen molar-refractivity contribution in [2.75, 3.05) is 25.2 Å². The van der Waals surface area contributed by atoms with E-state index in [0.29, 0.717) is 12.2 Å². The standard InChI is InChI=1S/C16H24N2O3S/c1-18(11-12-5-3-4-6-15(12)19)16(20)17-13-7-9-14(10-8-13)22(2)21/h7-10,12,15,19H,3-6,11H2,1-2H3,(H,17,20). The molecule has 0 radical (unpaired) electrons. The first-order valence-electron chi connectivity index (χ1n) is 7.61. The summed E-state index contributed by atoms with van der Waals surface area (Å²) < 4.78 is 11.3. The summed E-state index contributed by atoms with van der Waals surface area (Å²) in [5.41, 5.74) is 0.676. The minimum atomic E-state index is -1.02. The van der Waals surface area contributed by atoms with Gasteiger partial charge in [0.05, 0.1) is 6.10 Å². The maximum Gasteiger partial charge on any atom is 0.321 e. The van der Waals surface area contributed by atoms with Crippen LogP contribution in [0.3, 0.4) is 0 Å². The topological polar surface area (TPSA) is 69.6 Å². The van der Waals surface area contributed by atoms with Crippen molar-refractivity contribution in [3.63, 3.8) is 0 Å². The number of benzene rings is 1. The third kappa shape index (κ3) is 4.55. The Labute approximate surface area is 134 Å². The van der Waals surface area contributed by atoms with E-state index in [9.17, 15) is 14.1 Å². The van der Waals surface area contributed by atoms with E-state index >= 15 is 0 Å². The van der Waals surface area contributed by atoms with Crippen LogP contribution in [0, 0.1) is 5.92 Å². The molecule has 2 rings (SSSR count). The van der Waals surface area contributed by atoms with E-state index in [4.69, 9.17) is 0 Å². The molecule has 6 heteroatoms. The average Bonchev–Trinajstić information content (AvgIpc) is 2.50. The molecule has 1 aromatic rings. The van der Waals surface area contributed by atoms with Crippen LogP contribution in [0.4, 0.5) is 10.5 Å². The lowest BCUT2D eigenvalue weighted by Gasteiger charge is -2.31. The molecule has 1 aliphatic rings. The van der Waals surface area contributed by atoms with Gasteiger partial charge in [0.15, 0.2) is 0 Å². The molecule has 0 heterocycles. The van der Waals surface area contributed by atoms with Crippen molar-refractivity contribution in [1.29, 1.82) is 0 Å². The van der Waals surface area contributed by atoms with E-state index in [1.165, 1.54) is 0 Å². The molecule has 3 atom stereocenters. The molecule has 0 saturated heterocycles. The van der Waals surface area contributed by atoms with Gasteiger partial charge < -0.3 is 15.3 Å². The molecule has 3 unspecified atom stereocenters. The largest absolute Gasteiger partial charge is 0.393 e. The highest BCUT2D eigenvalue weighted by molar-refractivity contribution is 7.84. The summed E-state index contributed by atoms with van der Waals surface area (Å²) in [6.07, 6.45) is 5.30. The quantitative estimate of drug-likeness (QED) is 0.894. The van der Waals surface area contributed by atoms with E-state index in [-0.39, 0.29) is 18.1 Å². The number of nitrogens with zero attached hydrogens (tertiary/aromatic N) is 1. The molecule has 2 amide bonds. The fourth-order valence-electron chi connectivity index (χ4n) is 2.78. The second-order valence-electron chi connectivity index (χ2n) is 5.90. The summed E-state index contributed by atoms with van der Waals surface area (Å²) in [6, 6.07) is 6.80. The SMILES string of the molecule is CN(CC1CCCCC1O)C(=O)Nc1ccc(S(C)=O)cc1. The van der Waals surface area contributed by atoms with Gasteiger partial charge in [0.25, 0.3) is 0 Å². The monoisotopic (exact) mass is 324 g/mol. The van der Waals surface area contributed by atoms with Gasteiger partial charge >= 0.3 is 6.03 Å². The smallest absolute Gasteiger partial charge is 0.321 e.